The Labute approximate surface area is 69.1 Å². The molecule has 1 nitrogen and oxygen atoms in total. The fourth-order valence-electron chi connectivity index (χ4n) is 2.34. The molecule has 1 heteroatoms. The number of aliphatic hydroxyl groups is 1. The summed E-state index contributed by atoms with van der Waals surface area (Å²) in [6.07, 6.45) is 3.97. The molecular formula is C10H18O. The minimum atomic E-state index is 0.172. The van der Waals surface area contributed by atoms with Crippen LogP contribution in [0.3, 0.4) is 0 Å². The van der Waals surface area contributed by atoms with Crippen molar-refractivity contribution < 1.29 is 5.11 Å². The van der Waals surface area contributed by atoms with Gasteiger partial charge in [-0.3, -0.25) is 0 Å². The van der Waals surface area contributed by atoms with Gasteiger partial charge in [0, 0.05) is 6.42 Å². The quantitative estimate of drug-likeness (QED) is 0.567. The van der Waals surface area contributed by atoms with Gasteiger partial charge in [-0.15, -0.1) is 0 Å². The van der Waals surface area contributed by atoms with E-state index < -0.39 is 0 Å². The van der Waals surface area contributed by atoms with Gasteiger partial charge in [-0.2, -0.15) is 0 Å². The molecule has 0 aromatic heterocycles. The van der Waals surface area contributed by atoms with Crippen LogP contribution in [0, 0.1) is 10.8 Å². The van der Waals surface area contributed by atoms with Crippen molar-refractivity contribution in [2.75, 3.05) is 0 Å². The van der Waals surface area contributed by atoms with Crippen LogP contribution < -0.4 is 0 Å². The van der Waals surface area contributed by atoms with Crippen molar-refractivity contribution in [2.45, 2.75) is 40.5 Å². The molecule has 1 aliphatic carbocycles. The maximum absolute atomic E-state index is 9.44. The molecule has 11 heavy (non-hydrogen) atoms. The lowest BCUT2D eigenvalue weighted by Crippen LogP contribution is -2.27. The molecule has 0 bridgehead atoms. The van der Waals surface area contributed by atoms with E-state index >= 15 is 0 Å². The molecule has 0 saturated heterocycles. The van der Waals surface area contributed by atoms with Crippen molar-refractivity contribution in [3.63, 3.8) is 0 Å². The SMILES string of the molecule is CC1(C)C=C(O)CC(C)(C)C1. The summed E-state index contributed by atoms with van der Waals surface area (Å²) in [6, 6.07) is 0. The third-order valence-corrected chi connectivity index (χ3v) is 2.15. The predicted octanol–water partition coefficient (Wildman–Crippen LogP) is 3.27. The van der Waals surface area contributed by atoms with E-state index in [0.29, 0.717) is 5.76 Å². The van der Waals surface area contributed by atoms with Crippen LogP contribution in [0.15, 0.2) is 11.8 Å². The molecule has 64 valence electrons. The lowest BCUT2D eigenvalue weighted by Gasteiger charge is -2.37. The van der Waals surface area contributed by atoms with Crippen molar-refractivity contribution in [3.05, 3.63) is 11.8 Å². The summed E-state index contributed by atoms with van der Waals surface area (Å²) >= 11 is 0. The zero-order valence-corrected chi connectivity index (χ0v) is 7.94. The fraction of sp³-hybridized carbons (Fsp3) is 0.800. The molecule has 0 aliphatic heterocycles. The van der Waals surface area contributed by atoms with Gasteiger partial charge in [-0.25, -0.2) is 0 Å². The highest BCUT2D eigenvalue weighted by Crippen LogP contribution is 2.43. The highest BCUT2D eigenvalue weighted by molar-refractivity contribution is 5.09. The van der Waals surface area contributed by atoms with Gasteiger partial charge in [-0.1, -0.05) is 27.7 Å². The third-order valence-electron chi connectivity index (χ3n) is 2.15. The Morgan fingerprint density at radius 1 is 1.27 bits per heavy atom. The first-order chi connectivity index (χ1) is 4.81. The number of rotatable bonds is 0. The average molecular weight is 154 g/mol. The Bertz CT molecular complexity index is 187. The minimum absolute atomic E-state index is 0.172. The molecule has 0 fully saturated rings. The standard InChI is InChI=1S/C10H18O/c1-9(2)5-8(11)6-10(3,4)7-9/h5,11H,6-7H2,1-4H3. The van der Waals surface area contributed by atoms with Crippen LogP contribution in [-0.2, 0) is 0 Å². The molecule has 0 saturated carbocycles. The second kappa shape index (κ2) is 2.26. The fourth-order valence-corrected chi connectivity index (χ4v) is 2.34. The summed E-state index contributed by atoms with van der Waals surface area (Å²) in [5.41, 5.74) is 0.439. The Morgan fingerprint density at radius 2 is 1.82 bits per heavy atom. The zero-order chi connectivity index (χ0) is 8.70. The monoisotopic (exact) mass is 154 g/mol. The molecule has 0 atom stereocenters. The molecule has 0 aromatic rings. The predicted molar refractivity (Wildman–Crippen MR) is 47.5 cm³/mol. The van der Waals surface area contributed by atoms with Crippen LogP contribution in [0.4, 0.5) is 0 Å². The summed E-state index contributed by atoms with van der Waals surface area (Å²) in [5.74, 6) is 0.561. The van der Waals surface area contributed by atoms with E-state index in [-0.39, 0.29) is 10.8 Å². The van der Waals surface area contributed by atoms with Gasteiger partial charge < -0.3 is 5.11 Å². The summed E-state index contributed by atoms with van der Waals surface area (Å²) in [6.45, 7) is 8.75. The molecule has 0 aromatic carbocycles. The van der Waals surface area contributed by atoms with E-state index in [2.05, 4.69) is 27.7 Å². The van der Waals surface area contributed by atoms with Crippen LogP contribution in [0.2, 0.25) is 0 Å². The smallest absolute Gasteiger partial charge is 0.0893 e. The molecule has 0 heterocycles. The first kappa shape index (κ1) is 8.63. The van der Waals surface area contributed by atoms with Crippen LogP contribution in [0.5, 0.6) is 0 Å². The summed E-state index contributed by atoms with van der Waals surface area (Å²) in [5, 5.41) is 9.44. The highest BCUT2D eigenvalue weighted by atomic mass is 16.3. The van der Waals surface area contributed by atoms with E-state index in [1.165, 1.54) is 0 Å². The molecule has 1 rings (SSSR count). The van der Waals surface area contributed by atoms with Gasteiger partial charge in [0.1, 0.15) is 0 Å². The number of aliphatic hydroxyl groups excluding tert-OH is 1. The van der Waals surface area contributed by atoms with E-state index in [1.807, 2.05) is 6.08 Å². The van der Waals surface area contributed by atoms with E-state index in [4.69, 9.17) is 0 Å². The maximum atomic E-state index is 9.44. The lowest BCUT2D eigenvalue weighted by atomic mass is 9.69. The van der Waals surface area contributed by atoms with Gasteiger partial charge in [0.15, 0.2) is 0 Å². The molecule has 0 spiro atoms. The maximum Gasteiger partial charge on any atom is 0.0893 e. The zero-order valence-electron chi connectivity index (χ0n) is 7.94. The normalized spacial score (nSPS) is 27.8. The van der Waals surface area contributed by atoms with Crippen molar-refractivity contribution in [1.29, 1.82) is 0 Å². The van der Waals surface area contributed by atoms with Gasteiger partial charge >= 0.3 is 0 Å². The van der Waals surface area contributed by atoms with E-state index in [0.717, 1.165) is 12.8 Å². The molecular weight excluding hydrogens is 136 g/mol. The van der Waals surface area contributed by atoms with Crippen LogP contribution >= 0.6 is 0 Å². The van der Waals surface area contributed by atoms with Crippen LogP contribution in [0.25, 0.3) is 0 Å². The first-order valence-corrected chi connectivity index (χ1v) is 4.22. The van der Waals surface area contributed by atoms with Gasteiger partial charge in [0.25, 0.3) is 0 Å². The molecule has 1 aliphatic rings. The minimum Gasteiger partial charge on any atom is -0.513 e. The Kier molecular flexibility index (Phi) is 1.78. The van der Waals surface area contributed by atoms with Crippen LogP contribution in [0.1, 0.15) is 40.5 Å². The average Bonchev–Trinajstić information content (AvgIpc) is 1.49. The number of hydrogen-bond donors (Lipinski definition) is 1. The van der Waals surface area contributed by atoms with Crippen molar-refractivity contribution in [3.8, 4) is 0 Å². The Hall–Kier alpha value is -0.460. The first-order valence-electron chi connectivity index (χ1n) is 4.22. The summed E-state index contributed by atoms with van der Waals surface area (Å²) in [4.78, 5) is 0. The second-order valence-corrected chi connectivity index (χ2v) is 5.14. The van der Waals surface area contributed by atoms with Crippen molar-refractivity contribution >= 4 is 0 Å². The van der Waals surface area contributed by atoms with Gasteiger partial charge in [0.2, 0.25) is 0 Å². The molecule has 0 unspecified atom stereocenters. The van der Waals surface area contributed by atoms with Crippen molar-refractivity contribution in [1.82, 2.24) is 0 Å². The highest BCUT2D eigenvalue weighted by Gasteiger charge is 2.32. The topological polar surface area (TPSA) is 20.2 Å². The molecule has 0 radical (unpaired) electrons. The van der Waals surface area contributed by atoms with E-state index in [1.54, 1.807) is 0 Å². The summed E-state index contributed by atoms with van der Waals surface area (Å²) in [7, 11) is 0. The number of hydrogen-bond acceptors (Lipinski definition) is 1. The molecule has 1 N–H and O–H groups in total. The Morgan fingerprint density at radius 3 is 2.18 bits per heavy atom. The van der Waals surface area contributed by atoms with Crippen molar-refractivity contribution in [2.24, 2.45) is 10.8 Å². The lowest BCUT2D eigenvalue weighted by molar-refractivity contribution is 0.174. The van der Waals surface area contributed by atoms with Crippen LogP contribution in [-0.4, -0.2) is 5.11 Å². The summed E-state index contributed by atoms with van der Waals surface area (Å²) < 4.78 is 0. The van der Waals surface area contributed by atoms with E-state index in [9.17, 15) is 5.11 Å². The largest absolute Gasteiger partial charge is 0.513 e. The number of allylic oxidation sites excluding steroid dienone is 2. The van der Waals surface area contributed by atoms with Gasteiger partial charge in [-0.05, 0) is 23.3 Å². The third kappa shape index (κ3) is 2.25. The van der Waals surface area contributed by atoms with Gasteiger partial charge in [0.05, 0.1) is 5.76 Å². The second-order valence-electron chi connectivity index (χ2n) is 5.14. The molecule has 0 amide bonds. The Balaban J connectivity index is 2.86.